The van der Waals surface area contributed by atoms with E-state index in [0.717, 1.165) is 17.7 Å². The summed E-state index contributed by atoms with van der Waals surface area (Å²) in [6, 6.07) is 7.81. The van der Waals surface area contributed by atoms with Crippen molar-refractivity contribution in [3.63, 3.8) is 0 Å². The molecule has 1 aromatic rings. The molecule has 1 fully saturated rings. The lowest BCUT2D eigenvalue weighted by molar-refractivity contribution is -0.128. The fraction of sp³-hybridized carbons (Fsp3) is 0.600. The molecule has 1 atom stereocenters. The third kappa shape index (κ3) is 4.59. The van der Waals surface area contributed by atoms with E-state index >= 15 is 0 Å². The molecule has 0 bridgehead atoms. The second kappa shape index (κ2) is 6.58. The molecule has 132 valence electrons. The molecule has 1 aliphatic heterocycles. The van der Waals surface area contributed by atoms with E-state index in [0.29, 0.717) is 6.54 Å². The van der Waals surface area contributed by atoms with Gasteiger partial charge in [0.1, 0.15) is 0 Å². The summed E-state index contributed by atoms with van der Waals surface area (Å²) in [4.78, 5) is 26.8. The van der Waals surface area contributed by atoms with Crippen molar-refractivity contribution in [2.45, 2.75) is 59.9 Å². The van der Waals surface area contributed by atoms with Crippen molar-refractivity contribution in [2.75, 3.05) is 11.4 Å². The van der Waals surface area contributed by atoms with Crippen LogP contribution >= 0.6 is 0 Å². The summed E-state index contributed by atoms with van der Waals surface area (Å²) in [5.74, 6) is -0.275. The van der Waals surface area contributed by atoms with E-state index in [9.17, 15) is 9.59 Å². The average molecular weight is 330 g/mol. The highest BCUT2D eigenvalue weighted by atomic mass is 16.2. The van der Waals surface area contributed by atoms with Gasteiger partial charge in [-0.2, -0.15) is 0 Å². The first-order chi connectivity index (χ1) is 11.0. The number of nitrogens with zero attached hydrogens (tertiary/aromatic N) is 1. The Morgan fingerprint density at radius 2 is 1.83 bits per heavy atom. The number of hydrogen-bond donors (Lipinski definition) is 1. The molecule has 1 aliphatic rings. The lowest BCUT2D eigenvalue weighted by atomic mass is 9.81. The molecule has 1 aromatic carbocycles. The molecular weight excluding hydrogens is 300 g/mol. The largest absolute Gasteiger partial charge is 0.351 e. The van der Waals surface area contributed by atoms with Crippen LogP contribution in [0.25, 0.3) is 0 Å². The Kier molecular flexibility index (Phi) is 5.07. The number of carbonyl (C=O) groups is 2. The van der Waals surface area contributed by atoms with Gasteiger partial charge in [0, 0.05) is 24.2 Å². The number of benzene rings is 1. The number of rotatable bonds is 4. The van der Waals surface area contributed by atoms with Crippen molar-refractivity contribution in [1.29, 1.82) is 0 Å². The number of hydrogen-bond acceptors (Lipinski definition) is 2. The summed E-state index contributed by atoms with van der Waals surface area (Å²) < 4.78 is 0. The fourth-order valence-electron chi connectivity index (χ4n) is 3.79. The van der Waals surface area contributed by atoms with E-state index in [1.165, 1.54) is 0 Å². The van der Waals surface area contributed by atoms with Crippen LogP contribution in [0.15, 0.2) is 24.3 Å². The monoisotopic (exact) mass is 330 g/mol. The van der Waals surface area contributed by atoms with Gasteiger partial charge in [0.2, 0.25) is 11.8 Å². The Hall–Kier alpha value is -1.84. The quantitative estimate of drug-likeness (QED) is 0.915. The highest BCUT2D eigenvalue weighted by molar-refractivity contribution is 6.00. The minimum Gasteiger partial charge on any atom is -0.351 e. The first-order valence-corrected chi connectivity index (χ1v) is 8.66. The van der Waals surface area contributed by atoms with Crippen molar-refractivity contribution in [3.8, 4) is 0 Å². The molecule has 4 nitrogen and oxygen atoms in total. The van der Waals surface area contributed by atoms with E-state index in [1.807, 2.05) is 45.0 Å². The molecule has 0 radical (unpaired) electrons. The maximum absolute atomic E-state index is 12.7. The van der Waals surface area contributed by atoms with Gasteiger partial charge in [-0.15, -0.1) is 0 Å². The molecule has 1 N–H and O–H groups in total. The molecule has 0 saturated carbocycles. The summed E-state index contributed by atoms with van der Waals surface area (Å²) in [6.07, 6.45) is 1.17. The van der Waals surface area contributed by atoms with Crippen LogP contribution < -0.4 is 10.2 Å². The van der Waals surface area contributed by atoms with E-state index in [4.69, 9.17) is 0 Å². The molecule has 2 amide bonds. The van der Waals surface area contributed by atoms with E-state index in [2.05, 4.69) is 26.1 Å². The summed E-state index contributed by atoms with van der Waals surface area (Å²) in [5, 5.41) is 3.14. The molecule has 0 spiro atoms. The lowest BCUT2D eigenvalue weighted by Crippen LogP contribution is -2.48. The highest BCUT2D eigenvalue weighted by Gasteiger charge is 2.37. The number of para-hydroxylation sites is 1. The Morgan fingerprint density at radius 3 is 2.42 bits per heavy atom. The molecule has 2 rings (SSSR count). The first kappa shape index (κ1) is 18.5. The third-order valence-corrected chi connectivity index (χ3v) is 4.34. The predicted molar refractivity (Wildman–Crippen MR) is 97.9 cm³/mol. The zero-order valence-electron chi connectivity index (χ0n) is 15.8. The van der Waals surface area contributed by atoms with Crippen LogP contribution in [0, 0.1) is 18.3 Å². The van der Waals surface area contributed by atoms with E-state index in [-0.39, 0.29) is 35.1 Å². The highest BCUT2D eigenvalue weighted by Crippen LogP contribution is 2.30. The minimum atomic E-state index is -0.283. The van der Waals surface area contributed by atoms with Gasteiger partial charge in [0.15, 0.2) is 0 Å². The zero-order valence-corrected chi connectivity index (χ0v) is 15.8. The van der Waals surface area contributed by atoms with Gasteiger partial charge in [0.05, 0.1) is 5.92 Å². The maximum atomic E-state index is 12.7. The standard InChI is InChI=1S/C20H30N2O2/c1-14-9-7-8-10-16(14)22-12-15(11-17(22)23)18(24)21-20(5,6)13-19(2,3)4/h7-10,15H,11-13H2,1-6H3,(H,21,24)/t15-/m0/s1. The van der Waals surface area contributed by atoms with Gasteiger partial charge in [-0.25, -0.2) is 0 Å². The average Bonchev–Trinajstić information content (AvgIpc) is 2.78. The van der Waals surface area contributed by atoms with Gasteiger partial charge in [-0.3, -0.25) is 9.59 Å². The van der Waals surface area contributed by atoms with Crippen molar-refractivity contribution in [2.24, 2.45) is 11.3 Å². The van der Waals surface area contributed by atoms with Gasteiger partial charge in [0.25, 0.3) is 0 Å². The number of anilines is 1. The number of amides is 2. The van der Waals surface area contributed by atoms with Crippen LogP contribution in [0.5, 0.6) is 0 Å². The van der Waals surface area contributed by atoms with Crippen LogP contribution in [0.3, 0.4) is 0 Å². The van der Waals surface area contributed by atoms with Crippen LogP contribution in [0.4, 0.5) is 5.69 Å². The summed E-state index contributed by atoms with van der Waals surface area (Å²) in [7, 11) is 0. The van der Waals surface area contributed by atoms with E-state index < -0.39 is 0 Å². The van der Waals surface area contributed by atoms with Crippen molar-refractivity contribution in [1.82, 2.24) is 5.32 Å². The number of aryl methyl sites for hydroxylation is 1. The second-order valence-corrected chi connectivity index (χ2v) is 8.80. The Labute approximate surface area is 145 Å². The van der Waals surface area contributed by atoms with Crippen LogP contribution in [-0.4, -0.2) is 23.9 Å². The second-order valence-electron chi connectivity index (χ2n) is 8.80. The zero-order chi connectivity index (χ0) is 18.1. The Bertz CT molecular complexity index is 629. The predicted octanol–water partition coefficient (Wildman–Crippen LogP) is 3.68. The molecule has 1 saturated heterocycles. The summed E-state index contributed by atoms with van der Waals surface area (Å²) in [6.45, 7) is 13.0. The lowest BCUT2D eigenvalue weighted by Gasteiger charge is -2.34. The molecule has 0 unspecified atom stereocenters. The van der Waals surface area contributed by atoms with Gasteiger partial charge < -0.3 is 10.2 Å². The van der Waals surface area contributed by atoms with Crippen LogP contribution in [0.1, 0.15) is 53.0 Å². The third-order valence-electron chi connectivity index (χ3n) is 4.34. The summed E-state index contributed by atoms with van der Waals surface area (Å²) in [5.41, 5.74) is 1.82. The fourth-order valence-corrected chi connectivity index (χ4v) is 3.79. The van der Waals surface area contributed by atoms with Gasteiger partial charge in [-0.1, -0.05) is 39.0 Å². The first-order valence-electron chi connectivity index (χ1n) is 8.66. The van der Waals surface area contributed by atoms with E-state index in [1.54, 1.807) is 4.90 Å². The van der Waals surface area contributed by atoms with Crippen LogP contribution in [0.2, 0.25) is 0 Å². The number of nitrogens with one attached hydrogen (secondary N) is 1. The molecular formula is C20H30N2O2. The van der Waals surface area contributed by atoms with Gasteiger partial charge >= 0.3 is 0 Å². The van der Waals surface area contributed by atoms with Crippen LogP contribution in [-0.2, 0) is 9.59 Å². The maximum Gasteiger partial charge on any atom is 0.227 e. The Balaban J connectivity index is 2.05. The Morgan fingerprint density at radius 1 is 1.21 bits per heavy atom. The molecule has 1 heterocycles. The SMILES string of the molecule is Cc1ccccc1N1C[C@@H](C(=O)NC(C)(C)CC(C)(C)C)CC1=O. The number of carbonyl (C=O) groups excluding carboxylic acids is 2. The molecule has 0 aliphatic carbocycles. The molecule has 24 heavy (non-hydrogen) atoms. The smallest absolute Gasteiger partial charge is 0.227 e. The topological polar surface area (TPSA) is 49.4 Å². The normalized spacial score (nSPS) is 18.8. The van der Waals surface area contributed by atoms with Gasteiger partial charge in [-0.05, 0) is 44.2 Å². The summed E-state index contributed by atoms with van der Waals surface area (Å²) >= 11 is 0. The van der Waals surface area contributed by atoms with Crippen molar-refractivity contribution < 1.29 is 9.59 Å². The molecule has 0 aromatic heterocycles. The van der Waals surface area contributed by atoms with Crippen molar-refractivity contribution in [3.05, 3.63) is 29.8 Å². The van der Waals surface area contributed by atoms with Crippen molar-refractivity contribution >= 4 is 17.5 Å². The molecule has 4 heteroatoms. The minimum absolute atomic E-state index is 0.0197.